The maximum absolute atomic E-state index is 12.2. The molecule has 2 rings (SSSR count). The fourth-order valence-electron chi connectivity index (χ4n) is 2.91. The summed E-state index contributed by atoms with van der Waals surface area (Å²) < 4.78 is 0. The first-order valence-electron chi connectivity index (χ1n) is 6.36. The maximum atomic E-state index is 12.2. The van der Waals surface area contributed by atoms with Gasteiger partial charge in [0, 0.05) is 19.1 Å². The highest BCUT2D eigenvalue weighted by atomic mass is 16.4. The maximum Gasteiger partial charge on any atom is 0.308 e. The summed E-state index contributed by atoms with van der Waals surface area (Å²) in [6.45, 7) is 1.04. The van der Waals surface area contributed by atoms with Crippen molar-refractivity contribution in [3.8, 4) is 0 Å². The Hall–Kier alpha value is -1.10. The molecule has 1 aliphatic carbocycles. The molecule has 0 spiro atoms. The number of carbonyl (C=O) groups is 2. The Bertz CT molecular complexity index is 319. The Labute approximate surface area is 101 Å². The van der Waals surface area contributed by atoms with Crippen molar-refractivity contribution in [2.24, 2.45) is 17.6 Å². The molecule has 1 heterocycles. The number of likely N-dealkylation sites (tertiary alicyclic amines) is 1. The summed E-state index contributed by atoms with van der Waals surface area (Å²) in [7, 11) is 0. The molecular formula is C12H20N2O3. The van der Waals surface area contributed by atoms with E-state index < -0.39 is 11.9 Å². The predicted molar refractivity (Wildman–Crippen MR) is 62.3 cm³/mol. The molecule has 5 nitrogen and oxygen atoms in total. The lowest BCUT2D eigenvalue weighted by molar-refractivity contribution is -0.146. The lowest BCUT2D eigenvalue weighted by Crippen LogP contribution is -2.47. The summed E-state index contributed by atoms with van der Waals surface area (Å²) >= 11 is 0. The van der Waals surface area contributed by atoms with Crippen LogP contribution in [0.4, 0.5) is 0 Å². The molecule has 96 valence electrons. The standard InChI is InChI=1S/C12H20N2O3/c13-10-5-1-4-9(10)11(15)14-6-2-3-8(7-14)12(16)17/h8-10H,1-7,13H2,(H,16,17)/t8-,9?,10?/m0/s1. The van der Waals surface area contributed by atoms with Crippen molar-refractivity contribution in [2.75, 3.05) is 13.1 Å². The molecule has 5 heteroatoms. The van der Waals surface area contributed by atoms with E-state index in [0.29, 0.717) is 19.5 Å². The van der Waals surface area contributed by atoms with Crippen LogP contribution in [0.2, 0.25) is 0 Å². The molecule has 1 aliphatic heterocycles. The van der Waals surface area contributed by atoms with E-state index in [1.807, 2.05) is 0 Å². The number of nitrogens with zero attached hydrogens (tertiary/aromatic N) is 1. The highest BCUT2D eigenvalue weighted by Crippen LogP contribution is 2.28. The van der Waals surface area contributed by atoms with Crippen LogP contribution >= 0.6 is 0 Å². The fourth-order valence-corrected chi connectivity index (χ4v) is 2.91. The molecular weight excluding hydrogens is 220 g/mol. The molecule has 0 radical (unpaired) electrons. The van der Waals surface area contributed by atoms with Gasteiger partial charge in [-0.2, -0.15) is 0 Å². The largest absolute Gasteiger partial charge is 0.481 e. The number of hydrogen-bond acceptors (Lipinski definition) is 3. The van der Waals surface area contributed by atoms with E-state index in [4.69, 9.17) is 10.8 Å². The van der Waals surface area contributed by atoms with Crippen molar-refractivity contribution in [3.63, 3.8) is 0 Å². The highest BCUT2D eigenvalue weighted by Gasteiger charge is 2.36. The van der Waals surface area contributed by atoms with Crippen LogP contribution in [-0.4, -0.2) is 41.0 Å². The molecule has 17 heavy (non-hydrogen) atoms. The SMILES string of the molecule is NC1CCCC1C(=O)N1CCC[C@H](C(=O)O)C1. The lowest BCUT2D eigenvalue weighted by atomic mass is 9.95. The Balaban J connectivity index is 1.97. The Morgan fingerprint density at radius 1 is 1.18 bits per heavy atom. The number of carbonyl (C=O) groups excluding carboxylic acids is 1. The fraction of sp³-hybridized carbons (Fsp3) is 0.833. The molecule has 2 fully saturated rings. The zero-order valence-corrected chi connectivity index (χ0v) is 9.97. The lowest BCUT2D eigenvalue weighted by Gasteiger charge is -2.33. The van der Waals surface area contributed by atoms with Gasteiger partial charge in [0.15, 0.2) is 0 Å². The number of aliphatic carboxylic acids is 1. The monoisotopic (exact) mass is 240 g/mol. The molecule has 1 saturated carbocycles. The van der Waals surface area contributed by atoms with Gasteiger partial charge in [0.25, 0.3) is 0 Å². The second kappa shape index (κ2) is 5.04. The van der Waals surface area contributed by atoms with E-state index in [9.17, 15) is 9.59 Å². The topological polar surface area (TPSA) is 83.6 Å². The van der Waals surface area contributed by atoms with Crippen LogP contribution < -0.4 is 5.73 Å². The predicted octanol–water partition coefficient (Wildman–Crippen LogP) is 0.437. The number of carboxylic acids is 1. The molecule has 2 aliphatic rings. The first-order valence-corrected chi connectivity index (χ1v) is 6.36. The van der Waals surface area contributed by atoms with E-state index in [0.717, 1.165) is 25.7 Å². The second-order valence-electron chi connectivity index (χ2n) is 5.16. The Kier molecular flexibility index (Phi) is 3.66. The summed E-state index contributed by atoms with van der Waals surface area (Å²) in [6, 6.07) is -0.0345. The third-order valence-electron chi connectivity index (χ3n) is 3.97. The average Bonchev–Trinajstić information content (AvgIpc) is 2.74. The zero-order chi connectivity index (χ0) is 12.4. The van der Waals surface area contributed by atoms with Gasteiger partial charge >= 0.3 is 5.97 Å². The summed E-state index contributed by atoms with van der Waals surface area (Å²) in [5, 5.41) is 8.99. The van der Waals surface area contributed by atoms with E-state index in [1.54, 1.807) is 4.90 Å². The van der Waals surface area contributed by atoms with Gasteiger partial charge in [-0.1, -0.05) is 6.42 Å². The first kappa shape index (κ1) is 12.4. The van der Waals surface area contributed by atoms with Crippen molar-refractivity contribution >= 4 is 11.9 Å². The van der Waals surface area contributed by atoms with Crippen LogP contribution in [-0.2, 0) is 9.59 Å². The molecule has 3 atom stereocenters. The minimum Gasteiger partial charge on any atom is -0.481 e. The van der Waals surface area contributed by atoms with Crippen molar-refractivity contribution < 1.29 is 14.7 Å². The van der Waals surface area contributed by atoms with Gasteiger partial charge in [-0.25, -0.2) is 0 Å². The van der Waals surface area contributed by atoms with Gasteiger partial charge in [0.05, 0.1) is 11.8 Å². The van der Waals surface area contributed by atoms with E-state index in [1.165, 1.54) is 0 Å². The van der Waals surface area contributed by atoms with Gasteiger partial charge in [-0.15, -0.1) is 0 Å². The third kappa shape index (κ3) is 2.60. The molecule has 2 unspecified atom stereocenters. The number of carboxylic acid groups (broad SMARTS) is 1. The van der Waals surface area contributed by atoms with Gasteiger partial charge in [0.2, 0.25) is 5.91 Å². The third-order valence-corrected chi connectivity index (χ3v) is 3.97. The second-order valence-corrected chi connectivity index (χ2v) is 5.16. The van der Waals surface area contributed by atoms with Gasteiger partial charge in [-0.3, -0.25) is 9.59 Å². The van der Waals surface area contributed by atoms with Crippen LogP contribution in [0.25, 0.3) is 0 Å². The number of rotatable bonds is 2. The van der Waals surface area contributed by atoms with Crippen LogP contribution in [0.5, 0.6) is 0 Å². The normalized spacial score (nSPS) is 33.7. The molecule has 0 aromatic carbocycles. The van der Waals surface area contributed by atoms with Gasteiger partial charge in [-0.05, 0) is 25.7 Å². The average molecular weight is 240 g/mol. The summed E-state index contributed by atoms with van der Waals surface area (Å²) in [5.74, 6) is -1.20. The van der Waals surface area contributed by atoms with E-state index in [2.05, 4.69) is 0 Å². The number of amides is 1. The van der Waals surface area contributed by atoms with E-state index in [-0.39, 0.29) is 17.9 Å². The van der Waals surface area contributed by atoms with Gasteiger partial charge < -0.3 is 15.7 Å². The number of nitrogens with two attached hydrogens (primary N) is 1. The summed E-state index contributed by atoms with van der Waals surface area (Å²) in [5.41, 5.74) is 5.92. The molecule has 0 aromatic rings. The minimum atomic E-state index is -0.793. The zero-order valence-electron chi connectivity index (χ0n) is 9.97. The smallest absolute Gasteiger partial charge is 0.308 e. The molecule has 3 N–H and O–H groups in total. The molecule has 1 amide bonds. The quantitative estimate of drug-likeness (QED) is 0.733. The number of piperidine rings is 1. The van der Waals surface area contributed by atoms with Crippen LogP contribution in [0.1, 0.15) is 32.1 Å². The molecule has 0 aromatic heterocycles. The van der Waals surface area contributed by atoms with Crippen LogP contribution in [0.3, 0.4) is 0 Å². The highest BCUT2D eigenvalue weighted by molar-refractivity contribution is 5.81. The van der Waals surface area contributed by atoms with Crippen molar-refractivity contribution in [2.45, 2.75) is 38.1 Å². The molecule has 0 bridgehead atoms. The Morgan fingerprint density at radius 2 is 1.94 bits per heavy atom. The van der Waals surface area contributed by atoms with Crippen LogP contribution in [0.15, 0.2) is 0 Å². The first-order chi connectivity index (χ1) is 8.09. The van der Waals surface area contributed by atoms with E-state index >= 15 is 0 Å². The minimum absolute atomic E-state index is 0.0345. The molecule has 1 saturated heterocycles. The van der Waals surface area contributed by atoms with Crippen LogP contribution in [0, 0.1) is 11.8 Å². The van der Waals surface area contributed by atoms with Crippen molar-refractivity contribution in [3.05, 3.63) is 0 Å². The van der Waals surface area contributed by atoms with Crippen molar-refractivity contribution in [1.82, 2.24) is 4.90 Å². The summed E-state index contributed by atoms with van der Waals surface area (Å²) in [4.78, 5) is 24.9. The number of hydrogen-bond donors (Lipinski definition) is 2. The van der Waals surface area contributed by atoms with Gasteiger partial charge in [0.1, 0.15) is 0 Å². The van der Waals surface area contributed by atoms with Crippen molar-refractivity contribution in [1.29, 1.82) is 0 Å². The Morgan fingerprint density at radius 3 is 2.53 bits per heavy atom. The summed E-state index contributed by atoms with van der Waals surface area (Å²) in [6.07, 6.45) is 4.23.